The second-order valence-corrected chi connectivity index (χ2v) is 5.04. The summed E-state index contributed by atoms with van der Waals surface area (Å²) in [5.74, 6) is -1.82. The van der Waals surface area contributed by atoms with Crippen molar-refractivity contribution in [3.05, 3.63) is 35.6 Å². The molecule has 114 valence electrons. The number of nitrogens with zero attached hydrogens (tertiary/aromatic N) is 1. The SMILES string of the molecule is NC1=NC2(c3ccccc3F)COC(C(F)(F)F)C2CO1. The predicted molar refractivity (Wildman–Crippen MR) is 64.9 cm³/mol. The molecule has 2 aliphatic rings. The maximum absolute atomic E-state index is 14.1. The van der Waals surface area contributed by atoms with E-state index in [1.165, 1.54) is 24.3 Å². The molecule has 0 saturated carbocycles. The van der Waals surface area contributed by atoms with Gasteiger partial charge in [-0.1, -0.05) is 18.2 Å². The molecule has 3 atom stereocenters. The van der Waals surface area contributed by atoms with Crippen LogP contribution in [0.5, 0.6) is 0 Å². The average Bonchev–Trinajstić information content (AvgIpc) is 2.78. The fourth-order valence-corrected chi connectivity index (χ4v) is 2.91. The molecule has 1 aromatic carbocycles. The van der Waals surface area contributed by atoms with Crippen molar-refractivity contribution in [3.8, 4) is 0 Å². The Morgan fingerprint density at radius 3 is 2.67 bits per heavy atom. The first-order valence-corrected chi connectivity index (χ1v) is 6.26. The van der Waals surface area contributed by atoms with Crippen molar-refractivity contribution >= 4 is 6.02 Å². The van der Waals surface area contributed by atoms with E-state index in [2.05, 4.69) is 4.99 Å². The number of amidine groups is 1. The molecule has 1 saturated heterocycles. The first-order chi connectivity index (χ1) is 9.84. The molecule has 0 aliphatic carbocycles. The predicted octanol–water partition coefficient (Wildman–Crippen LogP) is 1.94. The number of hydrogen-bond donors (Lipinski definition) is 1. The van der Waals surface area contributed by atoms with E-state index < -0.39 is 36.2 Å². The highest BCUT2D eigenvalue weighted by molar-refractivity contribution is 5.73. The topological polar surface area (TPSA) is 56.8 Å². The number of fused-ring (bicyclic) bond motifs is 1. The van der Waals surface area contributed by atoms with Gasteiger partial charge >= 0.3 is 6.18 Å². The van der Waals surface area contributed by atoms with Gasteiger partial charge in [0.05, 0.1) is 19.1 Å². The highest BCUT2D eigenvalue weighted by Gasteiger charge is 2.62. The Kier molecular flexibility index (Phi) is 3.09. The summed E-state index contributed by atoms with van der Waals surface area (Å²) in [6, 6.07) is 5.29. The van der Waals surface area contributed by atoms with Gasteiger partial charge in [-0.15, -0.1) is 0 Å². The highest BCUT2D eigenvalue weighted by Crippen LogP contribution is 2.49. The van der Waals surface area contributed by atoms with Crippen LogP contribution in [-0.2, 0) is 15.0 Å². The average molecular weight is 304 g/mol. The summed E-state index contributed by atoms with van der Waals surface area (Å²) in [6.45, 7) is -0.722. The molecule has 2 N–H and O–H groups in total. The normalized spacial score (nSPS) is 32.3. The number of halogens is 4. The van der Waals surface area contributed by atoms with Gasteiger partial charge in [0.15, 0.2) is 6.10 Å². The monoisotopic (exact) mass is 304 g/mol. The minimum atomic E-state index is -4.58. The zero-order valence-electron chi connectivity index (χ0n) is 10.7. The molecular weight excluding hydrogens is 292 g/mol. The summed E-state index contributed by atoms with van der Waals surface area (Å²) in [4.78, 5) is 3.98. The van der Waals surface area contributed by atoms with E-state index in [0.29, 0.717) is 0 Å². The van der Waals surface area contributed by atoms with Crippen molar-refractivity contribution in [2.45, 2.75) is 17.8 Å². The second kappa shape index (κ2) is 4.59. The number of rotatable bonds is 1. The lowest BCUT2D eigenvalue weighted by Crippen LogP contribution is -2.48. The molecule has 21 heavy (non-hydrogen) atoms. The van der Waals surface area contributed by atoms with Crippen LogP contribution >= 0.6 is 0 Å². The molecule has 4 nitrogen and oxygen atoms in total. The van der Waals surface area contributed by atoms with E-state index in [-0.39, 0.29) is 18.2 Å². The van der Waals surface area contributed by atoms with Crippen LogP contribution in [0.1, 0.15) is 5.56 Å². The van der Waals surface area contributed by atoms with Crippen molar-refractivity contribution in [3.63, 3.8) is 0 Å². The zero-order chi connectivity index (χ0) is 15.3. The molecule has 0 spiro atoms. The summed E-state index contributed by atoms with van der Waals surface area (Å²) in [6.07, 6.45) is -6.64. The lowest BCUT2D eigenvalue weighted by atomic mass is 9.77. The standard InChI is InChI=1S/C13H12F4N2O2/c14-9-4-2-1-3-7(9)12-6-21-10(13(15,16)17)8(12)5-20-11(18)19-12/h1-4,8,10H,5-6H2,(H2,18,19). The molecule has 1 fully saturated rings. The van der Waals surface area contributed by atoms with Gasteiger partial charge in [0.25, 0.3) is 6.02 Å². The Morgan fingerprint density at radius 2 is 2.00 bits per heavy atom. The molecule has 0 aromatic heterocycles. The van der Waals surface area contributed by atoms with Crippen LogP contribution in [0.15, 0.2) is 29.3 Å². The van der Waals surface area contributed by atoms with Gasteiger partial charge < -0.3 is 15.2 Å². The number of nitrogens with two attached hydrogens (primary N) is 1. The minimum Gasteiger partial charge on any atom is -0.465 e. The van der Waals surface area contributed by atoms with Crippen molar-refractivity contribution in [1.29, 1.82) is 0 Å². The van der Waals surface area contributed by atoms with Crippen LogP contribution in [0.4, 0.5) is 17.6 Å². The van der Waals surface area contributed by atoms with E-state index in [1.807, 2.05) is 0 Å². The van der Waals surface area contributed by atoms with E-state index >= 15 is 0 Å². The van der Waals surface area contributed by atoms with Crippen LogP contribution in [0.25, 0.3) is 0 Å². The Bertz CT molecular complexity index is 590. The quantitative estimate of drug-likeness (QED) is 0.807. The summed E-state index contributed by atoms with van der Waals surface area (Å²) in [5, 5.41) is 0. The Labute approximate surface area is 117 Å². The van der Waals surface area contributed by atoms with Crippen molar-refractivity contribution in [2.24, 2.45) is 16.6 Å². The molecule has 1 aromatic rings. The molecular formula is C13H12F4N2O2. The summed E-state index contributed by atoms with van der Waals surface area (Å²) in [5.41, 5.74) is 4.02. The van der Waals surface area contributed by atoms with Crippen LogP contribution in [0, 0.1) is 11.7 Å². The largest absolute Gasteiger partial charge is 0.465 e. The molecule has 2 aliphatic heterocycles. The fraction of sp³-hybridized carbons (Fsp3) is 0.462. The summed E-state index contributed by atoms with van der Waals surface area (Å²) in [7, 11) is 0. The van der Waals surface area contributed by atoms with E-state index in [1.54, 1.807) is 0 Å². The number of hydrogen-bond acceptors (Lipinski definition) is 4. The van der Waals surface area contributed by atoms with E-state index in [4.69, 9.17) is 15.2 Å². The fourth-order valence-electron chi connectivity index (χ4n) is 2.91. The maximum Gasteiger partial charge on any atom is 0.415 e. The lowest BCUT2D eigenvalue weighted by Gasteiger charge is -2.36. The Hall–Kier alpha value is -1.83. The van der Waals surface area contributed by atoms with Crippen LogP contribution in [-0.4, -0.2) is 31.5 Å². The molecule has 0 amide bonds. The first-order valence-electron chi connectivity index (χ1n) is 6.26. The number of aliphatic imine (C=N–C) groups is 1. The van der Waals surface area contributed by atoms with Gasteiger partial charge in [0.1, 0.15) is 11.4 Å². The molecule has 2 heterocycles. The third-order valence-electron chi connectivity index (χ3n) is 3.85. The lowest BCUT2D eigenvalue weighted by molar-refractivity contribution is -0.219. The molecule has 3 unspecified atom stereocenters. The van der Waals surface area contributed by atoms with Gasteiger partial charge in [-0.25, -0.2) is 9.38 Å². The Balaban J connectivity index is 2.13. The number of benzene rings is 1. The molecule has 0 bridgehead atoms. The van der Waals surface area contributed by atoms with Crippen molar-refractivity contribution in [1.82, 2.24) is 0 Å². The third-order valence-corrected chi connectivity index (χ3v) is 3.85. The van der Waals surface area contributed by atoms with Crippen molar-refractivity contribution in [2.75, 3.05) is 13.2 Å². The smallest absolute Gasteiger partial charge is 0.415 e. The van der Waals surface area contributed by atoms with Gasteiger partial charge in [-0.05, 0) is 6.07 Å². The minimum absolute atomic E-state index is 0.0352. The number of ether oxygens (including phenoxy) is 2. The second-order valence-electron chi connectivity index (χ2n) is 5.04. The Morgan fingerprint density at radius 1 is 1.29 bits per heavy atom. The van der Waals surface area contributed by atoms with Crippen LogP contribution in [0.2, 0.25) is 0 Å². The first kappa shape index (κ1) is 14.1. The zero-order valence-corrected chi connectivity index (χ0v) is 10.7. The van der Waals surface area contributed by atoms with Crippen LogP contribution < -0.4 is 5.73 Å². The third kappa shape index (κ3) is 2.14. The van der Waals surface area contributed by atoms with Gasteiger partial charge in [0, 0.05) is 5.56 Å². The van der Waals surface area contributed by atoms with Crippen molar-refractivity contribution < 1.29 is 27.0 Å². The molecule has 3 rings (SSSR count). The number of alkyl halides is 3. The van der Waals surface area contributed by atoms with Gasteiger partial charge in [0.2, 0.25) is 0 Å². The summed E-state index contributed by atoms with van der Waals surface area (Å²) < 4.78 is 63.1. The summed E-state index contributed by atoms with van der Waals surface area (Å²) >= 11 is 0. The van der Waals surface area contributed by atoms with Crippen LogP contribution in [0.3, 0.4) is 0 Å². The molecule has 0 radical (unpaired) electrons. The highest BCUT2D eigenvalue weighted by atomic mass is 19.4. The van der Waals surface area contributed by atoms with E-state index in [0.717, 1.165) is 0 Å². The molecule has 8 heteroatoms. The van der Waals surface area contributed by atoms with E-state index in [9.17, 15) is 17.6 Å². The maximum atomic E-state index is 14.1. The van der Waals surface area contributed by atoms with Gasteiger partial charge in [-0.2, -0.15) is 13.2 Å². The van der Waals surface area contributed by atoms with Gasteiger partial charge in [-0.3, -0.25) is 0 Å².